The van der Waals surface area contributed by atoms with E-state index in [0.717, 1.165) is 17.7 Å². The highest BCUT2D eigenvalue weighted by Crippen LogP contribution is 2.29. The quantitative estimate of drug-likeness (QED) is 0.662. The number of carbonyl (C=O) groups is 1. The van der Waals surface area contributed by atoms with Gasteiger partial charge in [0.05, 0.1) is 5.56 Å². The van der Waals surface area contributed by atoms with Gasteiger partial charge >= 0.3 is 6.18 Å². The molecule has 0 aliphatic rings. The standard InChI is InChI=1S/C18H12F3N3OS/c19-18(20,21)14-9-6-12(7-10-14)8-11-15(25)22-17-24-23-16(26-17)13-4-2-1-3-5-13/h1-11H,(H,22,24,25)/b11-8+. The minimum atomic E-state index is -4.38. The number of benzene rings is 2. The van der Waals surface area contributed by atoms with E-state index >= 15 is 0 Å². The molecule has 132 valence electrons. The summed E-state index contributed by atoms with van der Waals surface area (Å²) in [4.78, 5) is 11.9. The molecule has 1 N–H and O–H groups in total. The van der Waals surface area contributed by atoms with E-state index in [4.69, 9.17) is 0 Å². The summed E-state index contributed by atoms with van der Waals surface area (Å²) in [5.41, 5.74) is 0.641. The van der Waals surface area contributed by atoms with E-state index < -0.39 is 17.6 Å². The van der Waals surface area contributed by atoms with E-state index in [9.17, 15) is 18.0 Å². The zero-order valence-corrected chi connectivity index (χ0v) is 14.0. The summed E-state index contributed by atoms with van der Waals surface area (Å²) in [6.45, 7) is 0. The van der Waals surface area contributed by atoms with Gasteiger partial charge in [0.1, 0.15) is 5.01 Å². The molecule has 8 heteroatoms. The third-order valence-electron chi connectivity index (χ3n) is 3.34. The molecule has 1 aromatic heterocycles. The van der Waals surface area contributed by atoms with Crippen molar-refractivity contribution in [2.24, 2.45) is 0 Å². The first-order valence-corrected chi connectivity index (χ1v) is 8.29. The first-order chi connectivity index (χ1) is 12.4. The van der Waals surface area contributed by atoms with Crippen LogP contribution < -0.4 is 5.32 Å². The largest absolute Gasteiger partial charge is 0.416 e. The number of halogens is 3. The average Bonchev–Trinajstić information content (AvgIpc) is 3.09. The molecule has 0 bridgehead atoms. The summed E-state index contributed by atoms with van der Waals surface area (Å²) in [6.07, 6.45) is -1.73. The molecule has 0 atom stereocenters. The molecule has 26 heavy (non-hydrogen) atoms. The van der Waals surface area contributed by atoms with Crippen molar-refractivity contribution in [3.63, 3.8) is 0 Å². The fourth-order valence-corrected chi connectivity index (χ4v) is 2.83. The van der Waals surface area contributed by atoms with Gasteiger partial charge in [-0.05, 0) is 23.8 Å². The van der Waals surface area contributed by atoms with E-state index in [1.807, 2.05) is 30.3 Å². The fourth-order valence-electron chi connectivity index (χ4n) is 2.07. The third kappa shape index (κ3) is 4.54. The van der Waals surface area contributed by atoms with Crippen molar-refractivity contribution in [2.75, 3.05) is 5.32 Å². The number of alkyl halides is 3. The second kappa shape index (κ2) is 7.49. The summed E-state index contributed by atoms with van der Waals surface area (Å²) in [5, 5.41) is 11.5. The smallest absolute Gasteiger partial charge is 0.297 e. The van der Waals surface area contributed by atoms with E-state index in [1.165, 1.54) is 35.6 Å². The minimum Gasteiger partial charge on any atom is -0.297 e. The van der Waals surface area contributed by atoms with Gasteiger partial charge in [-0.15, -0.1) is 10.2 Å². The maximum atomic E-state index is 12.5. The zero-order valence-electron chi connectivity index (χ0n) is 13.2. The van der Waals surface area contributed by atoms with Crippen molar-refractivity contribution in [3.05, 3.63) is 71.8 Å². The van der Waals surface area contributed by atoms with Gasteiger partial charge in [-0.2, -0.15) is 13.2 Å². The van der Waals surface area contributed by atoms with Gasteiger partial charge in [0.15, 0.2) is 0 Å². The number of aromatic nitrogens is 2. The summed E-state index contributed by atoms with van der Waals surface area (Å²) in [5.74, 6) is -0.444. The van der Waals surface area contributed by atoms with Crippen molar-refractivity contribution >= 4 is 28.5 Å². The third-order valence-corrected chi connectivity index (χ3v) is 4.23. The van der Waals surface area contributed by atoms with Crippen LogP contribution in [-0.4, -0.2) is 16.1 Å². The summed E-state index contributed by atoms with van der Waals surface area (Å²) < 4.78 is 37.5. The molecule has 0 radical (unpaired) electrons. The lowest BCUT2D eigenvalue weighted by Crippen LogP contribution is -2.07. The average molecular weight is 375 g/mol. The number of amides is 1. The SMILES string of the molecule is O=C(/C=C/c1ccc(C(F)(F)F)cc1)Nc1nnc(-c2ccccc2)s1. The molecule has 1 amide bonds. The lowest BCUT2D eigenvalue weighted by molar-refractivity contribution is -0.137. The molecule has 0 aliphatic heterocycles. The van der Waals surface area contributed by atoms with Gasteiger partial charge in [-0.25, -0.2) is 0 Å². The van der Waals surface area contributed by atoms with Crippen LogP contribution in [0, 0.1) is 0 Å². The highest BCUT2D eigenvalue weighted by atomic mass is 32.1. The van der Waals surface area contributed by atoms with E-state index in [1.54, 1.807) is 0 Å². The zero-order chi connectivity index (χ0) is 18.6. The molecule has 0 aliphatic carbocycles. The normalized spacial score (nSPS) is 11.7. The lowest BCUT2D eigenvalue weighted by Gasteiger charge is -2.05. The lowest BCUT2D eigenvalue weighted by atomic mass is 10.1. The molecule has 3 rings (SSSR count). The van der Waals surface area contributed by atoms with E-state index in [-0.39, 0.29) is 0 Å². The van der Waals surface area contributed by atoms with Crippen LogP contribution in [0.1, 0.15) is 11.1 Å². The molecular formula is C18H12F3N3OS. The second-order valence-electron chi connectivity index (χ2n) is 5.22. The van der Waals surface area contributed by atoms with Gasteiger partial charge in [0.2, 0.25) is 11.0 Å². The molecule has 0 saturated carbocycles. The Morgan fingerprint density at radius 2 is 1.69 bits per heavy atom. The molecule has 0 fully saturated rings. The number of carbonyl (C=O) groups excluding carboxylic acids is 1. The molecule has 3 aromatic rings. The highest BCUT2D eigenvalue weighted by molar-refractivity contribution is 7.18. The van der Waals surface area contributed by atoms with Crippen LogP contribution in [0.25, 0.3) is 16.6 Å². The van der Waals surface area contributed by atoms with Crippen LogP contribution in [0.15, 0.2) is 60.7 Å². The predicted molar refractivity (Wildman–Crippen MR) is 94.5 cm³/mol. The maximum absolute atomic E-state index is 12.5. The second-order valence-corrected chi connectivity index (χ2v) is 6.20. The van der Waals surface area contributed by atoms with Crippen LogP contribution in [0.5, 0.6) is 0 Å². The summed E-state index contributed by atoms with van der Waals surface area (Å²) in [7, 11) is 0. The van der Waals surface area contributed by atoms with Crippen LogP contribution in [-0.2, 0) is 11.0 Å². The van der Waals surface area contributed by atoms with Crippen molar-refractivity contribution in [1.82, 2.24) is 10.2 Å². The van der Waals surface area contributed by atoms with Gasteiger partial charge in [0.25, 0.3) is 0 Å². The van der Waals surface area contributed by atoms with Crippen molar-refractivity contribution in [1.29, 1.82) is 0 Å². The monoisotopic (exact) mass is 375 g/mol. The van der Waals surface area contributed by atoms with Gasteiger partial charge < -0.3 is 0 Å². The van der Waals surface area contributed by atoms with Crippen molar-refractivity contribution in [2.45, 2.75) is 6.18 Å². The molecule has 0 spiro atoms. The Morgan fingerprint density at radius 1 is 1.00 bits per heavy atom. The summed E-state index contributed by atoms with van der Waals surface area (Å²) in [6, 6.07) is 13.9. The number of hydrogen-bond donors (Lipinski definition) is 1. The van der Waals surface area contributed by atoms with E-state index in [0.29, 0.717) is 15.7 Å². The Morgan fingerprint density at radius 3 is 2.35 bits per heavy atom. The summed E-state index contributed by atoms with van der Waals surface area (Å²) >= 11 is 1.23. The molecule has 0 unspecified atom stereocenters. The molecule has 1 heterocycles. The molecule has 0 saturated heterocycles. The van der Waals surface area contributed by atoms with Gasteiger partial charge in [-0.3, -0.25) is 10.1 Å². The Hall–Kier alpha value is -3.00. The Bertz CT molecular complexity index is 919. The van der Waals surface area contributed by atoms with Crippen LogP contribution >= 0.6 is 11.3 Å². The first-order valence-electron chi connectivity index (χ1n) is 7.47. The van der Waals surface area contributed by atoms with Crippen molar-refractivity contribution < 1.29 is 18.0 Å². The van der Waals surface area contributed by atoms with Gasteiger partial charge in [0, 0.05) is 11.6 Å². The maximum Gasteiger partial charge on any atom is 0.416 e. The first kappa shape index (κ1) is 17.8. The topological polar surface area (TPSA) is 54.9 Å². The number of nitrogens with one attached hydrogen (secondary N) is 1. The number of anilines is 1. The van der Waals surface area contributed by atoms with Gasteiger partial charge in [-0.1, -0.05) is 53.8 Å². The van der Waals surface area contributed by atoms with Crippen LogP contribution in [0.3, 0.4) is 0 Å². The Balaban J connectivity index is 1.62. The number of nitrogens with zero attached hydrogens (tertiary/aromatic N) is 2. The fraction of sp³-hybridized carbons (Fsp3) is 0.0556. The van der Waals surface area contributed by atoms with E-state index in [2.05, 4.69) is 15.5 Å². The van der Waals surface area contributed by atoms with Crippen LogP contribution in [0.4, 0.5) is 18.3 Å². The number of rotatable bonds is 4. The Labute approximate surface area is 151 Å². The highest BCUT2D eigenvalue weighted by Gasteiger charge is 2.29. The number of hydrogen-bond acceptors (Lipinski definition) is 4. The predicted octanol–water partition coefficient (Wildman–Crippen LogP) is 4.88. The molecular weight excluding hydrogens is 363 g/mol. The van der Waals surface area contributed by atoms with Crippen LogP contribution in [0.2, 0.25) is 0 Å². The minimum absolute atomic E-state index is 0.339. The molecule has 2 aromatic carbocycles. The Kier molecular flexibility index (Phi) is 5.13. The molecule has 4 nitrogen and oxygen atoms in total. The van der Waals surface area contributed by atoms with Crippen molar-refractivity contribution in [3.8, 4) is 10.6 Å².